The van der Waals surface area contributed by atoms with E-state index in [0.717, 1.165) is 0 Å². The normalized spacial score (nSPS) is 10.7. The quantitative estimate of drug-likeness (QED) is 0.206. The van der Waals surface area contributed by atoms with Gasteiger partial charge in [0, 0.05) is 5.69 Å². The average Bonchev–Trinajstić information content (AvgIpc) is 2.83. The van der Waals surface area contributed by atoms with Gasteiger partial charge in [-0.05, 0) is 70.6 Å². The number of nitrogens with zero attached hydrogens (tertiary/aromatic N) is 1. The lowest BCUT2D eigenvalue weighted by molar-refractivity contribution is -0.118. The van der Waals surface area contributed by atoms with Crippen molar-refractivity contribution in [2.24, 2.45) is 0 Å². The minimum Gasteiger partial charge on any atom is -0.493 e. The van der Waals surface area contributed by atoms with Crippen LogP contribution in [0, 0.1) is 14.9 Å². The Hall–Kier alpha value is -3.55. The van der Waals surface area contributed by atoms with Gasteiger partial charge < -0.3 is 20.1 Å². The SMILES string of the molecule is COc1cc(/C=C(\C#N)C(=O)Nc2ccccc2)cc(I)c1OCC(=O)Nc1ccccc1Cl. The third-order valence-electron chi connectivity index (χ3n) is 4.46. The molecule has 34 heavy (non-hydrogen) atoms. The molecule has 3 aromatic rings. The van der Waals surface area contributed by atoms with Crippen LogP contribution in [0.3, 0.4) is 0 Å². The molecule has 0 aliphatic carbocycles. The van der Waals surface area contributed by atoms with Gasteiger partial charge in [0.15, 0.2) is 18.1 Å². The minimum absolute atomic E-state index is 0.0745. The standard InChI is InChI=1S/C25H19ClIN3O4/c1-33-22-13-16(11-17(14-28)25(32)29-18-7-3-2-4-8-18)12-20(27)24(22)34-15-23(31)30-21-10-6-5-9-19(21)26/h2-13H,15H2,1H3,(H,29,32)(H,30,31)/b17-11+. The number of anilines is 2. The zero-order chi connectivity index (χ0) is 24.5. The molecule has 0 radical (unpaired) electrons. The molecule has 0 unspecified atom stereocenters. The third kappa shape index (κ3) is 6.73. The maximum absolute atomic E-state index is 12.5. The highest BCUT2D eigenvalue weighted by Gasteiger charge is 2.16. The molecule has 0 aliphatic heterocycles. The van der Waals surface area contributed by atoms with E-state index in [1.165, 1.54) is 13.2 Å². The summed E-state index contributed by atoms with van der Waals surface area (Å²) in [6.07, 6.45) is 1.46. The molecule has 3 rings (SSSR count). The van der Waals surface area contributed by atoms with Crippen LogP contribution in [0.5, 0.6) is 11.5 Å². The summed E-state index contributed by atoms with van der Waals surface area (Å²) in [5.41, 5.74) is 1.56. The first-order chi connectivity index (χ1) is 16.4. The van der Waals surface area contributed by atoms with Crippen LogP contribution in [-0.4, -0.2) is 25.5 Å². The Bertz CT molecular complexity index is 1270. The lowest BCUT2D eigenvalue weighted by atomic mass is 10.1. The number of nitriles is 1. The number of methoxy groups -OCH3 is 1. The number of amides is 2. The van der Waals surface area contributed by atoms with E-state index in [-0.39, 0.29) is 18.1 Å². The summed E-state index contributed by atoms with van der Waals surface area (Å²) in [6, 6.07) is 21.0. The van der Waals surface area contributed by atoms with E-state index in [9.17, 15) is 14.9 Å². The number of carbonyl (C=O) groups is 2. The van der Waals surface area contributed by atoms with Crippen LogP contribution in [0.4, 0.5) is 11.4 Å². The number of carbonyl (C=O) groups excluding carboxylic acids is 2. The lowest BCUT2D eigenvalue weighted by Crippen LogP contribution is -2.20. The van der Waals surface area contributed by atoms with Gasteiger partial charge in [-0.3, -0.25) is 9.59 Å². The Morgan fingerprint density at radius 3 is 2.47 bits per heavy atom. The molecule has 0 saturated heterocycles. The highest BCUT2D eigenvalue weighted by molar-refractivity contribution is 14.1. The average molecular weight is 588 g/mol. The molecule has 0 fully saturated rings. The van der Waals surface area contributed by atoms with Crippen molar-refractivity contribution in [3.05, 3.63) is 86.5 Å². The van der Waals surface area contributed by atoms with E-state index in [1.54, 1.807) is 60.7 Å². The number of rotatable bonds is 8. The molecule has 0 bridgehead atoms. The Morgan fingerprint density at radius 2 is 1.79 bits per heavy atom. The van der Waals surface area contributed by atoms with Gasteiger partial charge in [-0.25, -0.2) is 0 Å². The summed E-state index contributed by atoms with van der Waals surface area (Å²) in [7, 11) is 1.46. The van der Waals surface area contributed by atoms with Crippen LogP contribution in [-0.2, 0) is 9.59 Å². The zero-order valence-corrected chi connectivity index (χ0v) is 20.9. The van der Waals surface area contributed by atoms with E-state index in [0.29, 0.717) is 37.0 Å². The maximum atomic E-state index is 12.5. The molecular weight excluding hydrogens is 569 g/mol. The topological polar surface area (TPSA) is 100 Å². The molecule has 0 saturated carbocycles. The van der Waals surface area contributed by atoms with Crippen molar-refractivity contribution >= 4 is 63.5 Å². The largest absolute Gasteiger partial charge is 0.493 e. The van der Waals surface area contributed by atoms with E-state index < -0.39 is 5.91 Å². The van der Waals surface area contributed by atoms with Crippen molar-refractivity contribution in [2.45, 2.75) is 0 Å². The van der Waals surface area contributed by atoms with Gasteiger partial charge in [-0.15, -0.1) is 0 Å². The summed E-state index contributed by atoms with van der Waals surface area (Å²) < 4.78 is 11.7. The van der Waals surface area contributed by atoms with Crippen LogP contribution in [0.15, 0.2) is 72.3 Å². The van der Waals surface area contributed by atoms with Gasteiger partial charge in [0.2, 0.25) is 0 Å². The molecule has 2 amide bonds. The van der Waals surface area contributed by atoms with Gasteiger partial charge in [-0.2, -0.15) is 5.26 Å². The van der Waals surface area contributed by atoms with Gasteiger partial charge in [0.05, 0.1) is 21.4 Å². The highest BCUT2D eigenvalue weighted by atomic mass is 127. The number of benzene rings is 3. The lowest BCUT2D eigenvalue weighted by Gasteiger charge is -2.14. The molecule has 2 N–H and O–H groups in total. The molecule has 0 heterocycles. The van der Waals surface area contributed by atoms with Crippen molar-refractivity contribution in [1.82, 2.24) is 0 Å². The second-order valence-corrected chi connectivity index (χ2v) is 8.41. The first kappa shape index (κ1) is 25.1. The summed E-state index contributed by atoms with van der Waals surface area (Å²) in [5.74, 6) is -0.204. The second kappa shape index (κ2) is 12.1. The molecule has 0 aromatic heterocycles. The van der Waals surface area contributed by atoms with Crippen molar-refractivity contribution in [3.8, 4) is 17.6 Å². The highest BCUT2D eigenvalue weighted by Crippen LogP contribution is 2.34. The Morgan fingerprint density at radius 1 is 1.09 bits per heavy atom. The number of hydrogen-bond acceptors (Lipinski definition) is 5. The van der Waals surface area contributed by atoms with E-state index in [1.807, 2.05) is 34.7 Å². The van der Waals surface area contributed by atoms with Gasteiger partial charge in [-0.1, -0.05) is 41.9 Å². The summed E-state index contributed by atoms with van der Waals surface area (Å²) in [6.45, 7) is -0.268. The fraction of sp³-hybridized carbons (Fsp3) is 0.0800. The summed E-state index contributed by atoms with van der Waals surface area (Å²) in [4.78, 5) is 24.8. The fourth-order valence-corrected chi connectivity index (χ4v) is 3.85. The van der Waals surface area contributed by atoms with Crippen LogP contribution in [0.25, 0.3) is 6.08 Å². The van der Waals surface area contributed by atoms with Crippen molar-refractivity contribution in [3.63, 3.8) is 0 Å². The number of nitrogens with one attached hydrogen (secondary N) is 2. The molecule has 172 valence electrons. The number of ether oxygens (including phenoxy) is 2. The molecule has 9 heteroatoms. The van der Waals surface area contributed by atoms with Crippen LogP contribution in [0.1, 0.15) is 5.56 Å². The zero-order valence-electron chi connectivity index (χ0n) is 18.0. The van der Waals surface area contributed by atoms with E-state index >= 15 is 0 Å². The summed E-state index contributed by atoms with van der Waals surface area (Å²) in [5, 5.41) is 15.3. The molecule has 7 nitrogen and oxygen atoms in total. The van der Waals surface area contributed by atoms with Crippen LogP contribution in [0.2, 0.25) is 5.02 Å². The molecule has 0 atom stereocenters. The molecular formula is C25H19ClIN3O4. The first-order valence-corrected chi connectivity index (χ1v) is 11.4. The number of para-hydroxylation sites is 2. The van der Waals surface area contributed by atoms with Crippen molar-refractivity contribution in [2.75, 3.05) is 24.4 Å². The smallest absolute Gasteiger partial charge is 0.266 e. The number of halogens is 2. The third-order valence-corrected chi connectivity index (χ3v) is 5.59. The molecule has 0 spiro atoms. The Labute approximate surface area is 215 Å². The van der Waals surface area contributed by atoms with E-state index in [4.69, 9.17) is 21.1 Å². The monoisotopic (exact) mass is 587 g/mol. The van der Waals surface area contributed by atoms with Crippen molar-refractivity contribution in [1.29, 1.82) is 5.26 Å². The van der Waals surface area contributed by atoms with Gasteiger partial charge in [0.1, 0.15) is 11.6 Å². The second-order valence-electron chi connectivity index (χ2n) is 6.84. The number of hydrogen-bond donors (Lipinski definition) is 2. The first-order valence-electron chi connectivity index (χ1n) is 9.94. The molecule has 3 aromatic carbocycles. The Balaban J connectivity index is 1.74. The van der Waals surface area contributed by atoms with Crippen LogP contribution < -0.4 is 20.1 Å². The Kier molecular flexibility index (Phi) is 8.90. The fourth-order valence-electron chi connectivity index (χ4n) is 2.88. The predicted molar refractivity (Wildman–Crippen MR) is 140 cm³/mol. The maximum Gasteiger partial charge on any atom is 0.266 e. The van der Waals surface area contributed by atoms with Gasteiger partial charge >= 0.3 is 0 Å². The summed E-state index contributed by atoms with van der Waals surface area (Å²) >= 11 is 8.10. The van der Waals surface area contributed by atoms with Crippen molar-refractivity contribution < 1.29 is 19.1 Å². The molecule has 0 aliphatic rings. The van der Waals surface area contributed by atoms with E-state index in [2.05, 4.69) is 10.6 Å². The van der Waals surface area contributed by atoms with Crippen LogP contribution >= 0.6 is 34.2 Å². The predicted octanol–water partition coefficient (Wildman–Crippen LogP) is 5.52. The van der Waals surface area contributed by atoms with Gasteiger partial charge in [0.25, 0.3) is 11.8 Å². The minimum atomic E-state index is -0.528.